The van der Waals surface area contributed by atoms with E-state index >= 15 is 0 Å². The van der Waals surface area contributed by atoms with Crippen LogP contribution in [0.2, 0.25) is 0 Å². The van der Waals surface area contributed by atoms with E-state index in [4.69, 9.17) is 4.74 Å². The SMILES string of the molecule is CCOc1ccc2[nH]cc(C3C=CCCN3)c2n1. The van der Waals surface area contributed by atoms with Crippen LogP contribution < -0.4 is 10.1 Å². The van der Waals surface area contributed by atoms with Gasteiger partial charge in [-0.25, -0.2) is 4.98 Å². The molecule has 18 heavy (non-hydrogen) atoms. The first-order valence-electron chi connectivity index (χ1n) is 6.39. The van der Waals surface area contributed by atoms with Crippen molar-refractivity contribution in [2.24, 2.45) is 0 Å². The maximum absolute atomic E-state index is 5.46. The Morgan fingerprint density at radius 1 is 1.44 bits per heavy atom. The zero-order valence-corrected chi connectivity index (χ0v) is 10.4. The molecule has 1 aliphatic rings. The van der Waals surface area contributed by atoms with Crippen LogP contribution in [0.5, 0.6) is 5.88 Å². The van der Waals surface area contributed by atoms with Gasteiger partial charge in [0.05, 0.1) is 23.7 Å². The second-order valence-corrected chi connectivity index (χ2v) is 4.37. The van der Waals surface area contributed by atoms with Gasteiger partial charge in [-0.2, -0.15) is 0 Å². The van der Waals surface area contributed by atoms with E-state index in [0.717, 1.165) is 24.0 Å². The molecule has 1 unspecified atom stereocenters. The van der Waals surface area contributed by atoms with Crippen molar-refractivity contribution in [3.63, 3.8) is 0 Å². The Morgan fingerprint density at radius 3 is 3.17 bits per heavy atom. The fourth-order valence-electron chi connectivity index (χ4n) is 2.30. The van der Waals surface area contributed by atoms with Crippen LogP contribution in [0, 0.1) is 0 Å². The van der Waals surface area contributed by atoms with Crippen molar-refractivity contribution in [1.29, 1.82) is 0 Å². The van der Waals surface area contributed by atoms with E-state index in [-0.39, 0.29) is 6.04 Å². The van der Waals surface area contributed by atoms with Gasteiger partial charge in [-0.05, 0) is 26.0 Å². The van der Waals surface area contributed by atoms with Crippen molar-refractivity contribution in [2.75, 3.05) is 13.2 Å². The molecule has 2 aromatic rings. The third kappa shape index (κ3) is 1.99. The summed E-state index contributed by atoms with van der Waals surface area (Å²) in [7, 11) is 0. The van der Waals surface area contributed by atoms with E-state index in [2.05, 4.69) is 27.4 Å². The number of rotatable bonds is 3. The Bertz CT molecular complexity index is 573. The van der Waals surface area contributed by atoms with Gasteiger partial charge in [0.25, 0.3) is 0 Å². The summed E-state index contributed by atoms with van der Waals surface area (Å²) in [5, 5.41) is 3.48. The quantitative estimate of drug-likeness (QED) is 0.814. The molecule has 1 atom stereocenters. The summed E-state index contributed by atoms with van der Waals surface area (Å²) in [5.41, 5.74) is 3.22. The fourth-order valence-corrected chi connectivity index (χ4v) is 2.30. The third-order valence-electron chi connectivity index (χ3n) is 3.16. The maximum Gasteiger partial charge on any atom is 0.213 e. The molecule has 94 valence electrons. The Balaban J connectivity index is 2.03. The number of aromatic nitrogens is 2. The van der Waals surface area contributed by atoms with E-state index in [9.17, 15) is 0 Å². The molecule has 0 aliphatic carbocycles. The third-order valence-corrected chi connectivity index (χ3v) is 3.16. The number of nitrogens with zero attached hydrogens (tertiary/aromatic N) is 1. The van der Waals surface area contributed by atoms with Crippen LogP contribution in [0.25, 0.3) is 11.0 Å². The lowest BCUT2D eigenvalue weighted by Gasteiger charge is -2.17. The van der Waals surface area contributed by atoms with Crippen molar-refractivity contribution >= 4 is 11.0 Å². The molecular weight excluding hydrogens is 226 g/mol. The van der Waals surface area contributed by atoms with E-state index < -0.39 is 0 Å². The largest absolute Gasteiger partial charge is 0.478 e. The van der Waals surface area contributed by atoms with Gasteiger partial charge >= 0.3 is 0 Å². The van der Waals surface area contributed by atoms with Gasteiger partial charge < -0.3 is 15.0 Å². The molecule has 4 heteroatoms. The number of pyridine rings is 1. The monoisotopic (exact) mass is 243 g/mol. The first-order valence-corrected chi connectivity index (χ1v) is 6.39. The highest BCUT2D eigenvalue weighted by Crippen LogP contribution is 2.26. The molecule has 0 fully saturated rings. The summed E-state index contributed by atoms with van der Waals surface area (Å²) in [6.07, 6.45) is 7.53. The molecule has 2 N–H and O–H groups in total. The maximum atomic E-state index is 5.46. The smallest absolute Gasteiger partial charge is 0.213 e. The van der Waals surface area contributed by atoms with Crippen molar-refractivity contribution in [2.45, 2.75) is 19.4 Å². The summed E-state index contributed by atoms with van der Waals surface area (Å²) in [5.74, 6) is 0.686. The van der Waals surface area contributed by atoms with Crippen LogP contribution in [0.4, 0.5) is 0 Å². The number of hydrogen-bond donors (Lipinski definition) is 2. The molecule has 0 spiro atoms. The van der Waals surface area contributed by atoms with Crippen LogP contribution in [-0.4, -0.2) is 23.1 Å². The van der Waals surface area contributed by atoms with Crippen molar-refractivity contribution in [1.82, 2.24) is 15.3 Å². The molecule has 1 aliphatic heterocycles. The number of aromatic amines is 1. The minimum absolute atomic E-state index is 0.247. The molecule has 3 heterocycles. The Hall–Kier alpha value is -1.81. The molecule has 0 bridgehead atoms. The standard InChI is InChI=1S/C14H17N3O/c1-2-18-13-7-6-12-14(17-13)10(9-16-12)11-5-3-4-8-15-11/h3,5-7,9,11,15-16H,2,4,8H2,1H3. The Kier molecular flexibility index (Phi) is 3.02. The van der Waals surface area contributed by atoms with Crippen molar-refractivity contribution in [3.8, 4) is 5.88 Å². The van der Waals surface area contributed by atoms with Gasteiger partial charge in [-0.1, -0.05) is 12.2 Å². The summed E-state index contributed by atoms with van der Waals surface area (Å²) in [6.45, 7) is 3.62. The lowest BCUT2D eigenvalue weighted by molar-refractivity contribution is 0.328. The van der Waals surface area contributed by atoms with Gasteiger partial charge in [-0.3, -0.25) is 0 Å². The summed E-state index contributed by atoms with van der Waals surface area (Å²) in [6, 6.07) is 4.16. The zero-order chi connectivity index (χ0) is 12.4. The molecule has 0 radical (unpaired) electrons. The molecule has 0 saturated heterocycles. The molecule has 0 aromatic carbocycles. The van der Waals surface area contributed by atoms with Gasteiger partial charge in [0.15, 0.2) is 0 Å². The topological polar surface area (TPSA) is 49.9 Å². The Labute approximate surface area is 106 Å². The minimum Gasteiger partial charge on any atom is -0.478 e. The first kappa shape index (κ1) is 11.3. The molecule has 3 rings (SSSR count). The number of nitrogens with one attached hydrogen (secondary N) is 2. The van der Waals surface area contributed by atoms with Crippen LogP contribution >= 0.6 is 0 Å². The number of fused-ring (bicyclic) bond motifs is 1. The van der Waals surface area contributed by atoms with Crippen LogP contribution in [-0.2, 0) is 0 Å². The highest BCUT2D eigenvalue weighted by atomic mass is 16.5. The van der Waals surface area contributed by atoms with E-state index in [1.54, 1.807) is 0 Å². The summed E-state index contributed by atoms with van der Waals surface area (Å²) >= 11 is 0. The van der Waals surface area contributed by atoms with Crippen molar-refractivity contribution in [3.05, 3.63) is 36.0 Å². The fraction of sp³-hybridized carbons (Fsp3) is 0.357. The number of H-pyrrole nitrogens is 1. The lowest BCUT2D eigenvalue weighted by Crippen LogP contribution is -2.23. The van der Waals surface area contributed by atoms with Gasteiger partial charge in [0.1, 0.15) is 0 Å². The summed E-state index contributed by atoms with van der Waals surface area (Å²) < 4.78 is 5.46. The average molecular weight is 243 g/mol. The highest BCUT2D eigenvalue weighted by Gasteiger charge is 2.16. The van der Waals surface area contributed by atoms with E-state index in [1.165, 1.54) is 5.56 Å². The predicted octanol–water partition coefficient (Wildman–Crippen LogP) is 2.55. The molecule has 0 amide bonds. The highest BCUT2D eigenvalue weighted by molar-refractivity contribution is 5.80. The first-order chi connectivity index (χ1) is 8.88. The van der Waals surface area contributed by atoms with E-state index in [0.29, 0.717) is 12.5 Å². The zero-order valence-electron chi connectivity index (χ0n) is 10.4. The van der Waals surface area contributed by atoms with Crippen LogP contribution in [0.15, 0.2) is 30.5 Å². The second kappa shape index (κ2) is 4.82. The van der Waals surface area contributed by atoms with Gasteiger partial charge in [0, 0.05) is 17.8 Å². The van der Waals surface area contributed by atoms with E-state index in [1.807, 2.05) is 25.3 Å². The number of hydrogen-bond acceptors (Lipinski definition) is 3. The average Bonchev–Trinajstić information content (AvgIpc) is 2.83. The van der Waals surface area contributed by atoms with Crippen LogP contribution in [0.3, 0.4) is 0 Å². The lowest BCUT2D eigenvalue weighted by atomic mass is 10.1. The number of ether oxygens (including phenoxy) is 1. The molecule has 4 nitrogen and oxygen atoms in total. The molecule has 0 saturated carbocycles. The normalized spacial score (nSPS) is 19.3. The second-order valence-electron chi connectivity index (χ2n) is 4.37. The minimum atomic E-state index is 0.247. The Morgan fingerprint density at radius 2 is 2.39 bits per heavy atom. The van der Waals surface area contributed by atoms with Crippen molar-refractivity contribution < 1.29 is 4.74 Å². The van der Waals surface area contributed by atoms with Gasteiger partial charge in [-0.15, -0.1) is 0 Å². The molecule has 2 aromatic heterocycles. The summed E-state index contributed by atoms with van der Waals surface area (Å²) in [4.78, 5) is 7.84. The molecular formula is C14H17N3O. The van der Waals surface area contributed by atoms with Gasteiger partial charge in [0.2, 0.25) is 5.88 Å². The van der Waals surface area contributed by atoms with Crippen LogP contribution in [0.1, 0.15) is 24.9 Å². The predicted molar refractivity (Wildman–Crippen MR) is 71.8 cm³/mol.